The van der Waals surface area contributed by atoms with Gasteiger partial charge in [0.15, 0.2) is 0 Å². The first-order valence-corrected chi connectivity index (χ1v) is 6.81. The molecule has 0 atom stereocenters. The number of aromatic nitrogens is 2. The Hall–Kier alpha value is -2.49. The molecule has 0 radical (unpaired) electrons. The van der Waals surface area contributed by atoms with Gasteiger partial charge in [0, 0.05) is 17.0 Å². The lowest BCUT2D eigenvalue weighted by molar-refractivity contribution is 0.465. The van der Waals surface area contributed by atoms with Crippen LogP contribution in [0.2, 0.25) is 0 Å². The van der Waals surface area contributed by atoms with Crippen LogP contribution >= 0.6 is 0 Å². The van der Waals surface area contributed by atoms with Crippen molar-refractivity contribution in [1.29, 1.82) is 0 Å². The molecule has 3 aromatic rings. The van der Waals surface area contributed by atoms with Gasteiger partial charge in [-0.05, 0) is 35.7 Å². The fourth-order valence-electron chi connectivity index (χ4n) is 2.34. The van der Waals surface area contributed by atoms with Crippen LogP contribution in [-0.4, -0.2) is 15.3 Å². The molecule has 0 aliphatic heterocycles. The molecule has 21 heavy (non-hydrogen) atoms. The minimum atomic E-state index is -0.330. The van der Waals surface area contributed by atoms with E-state index < -0.39 is 0 Å². The first-order valence-electron chi connectivity index (χ1n) is 6.81. The molecule has 3 rings (SSSR count). The van der Waals surface area contributed by atoms with Gasteiger partial charge >= 0.3 is 0 Å². The van der Waals surface area contributed by atoms with Crippen molar-refractivity contribution >= 4 is 10.9 Å². The highest BCUT2D eigenvalue weighted by atomic mass is 19.1. The minimum Gasteiger partial charge on any atom is -0.508 e. The van der Waals surface area contributed by atoms with Crippen molar-refractivity contribution in [3.05, 3.63) is 53.8 Å². The van der Waals surface area contributed by atoms with Crippen LogP contribution in [0.25, 0.3) is 22.2 Å². The van der Waals surface area contributed by atoms with Crippen molar-refractivity contribution in [2.24, 2.45) is 0 Å². The van der Waals surface area contributed by atoms with Crippen LogP contribution in [0.3, 0.4) is 0 Å². The molecule has 0 saturated carbocycles. The molecule has 1 N–H and O–H groups in total. The zero-order chi connectivity index (χ0) is 15.0. The average Bonchev–Trinajstić information content (AvgIpc) is 2.46. The van der Waals surface area contributed by atoms with E-state index in [0.29, 0.717) is 11.2 Å². The molecule has 0 bridgehead atoms. The number of hydrogen-bond acceptors (Lipinski definition) is 3. The van der Waals surface area contributed by atoms with Gasteiger partial charge in [0.05, 0.1) is 11.2 Å². The highest BCUT2D eigenvalue weighted by Crippen LogP contribution is 2.30. The molecule has 0 amide bonds. The van der Waals surface area contributed by atoms with Crippen LogP contribution in [-0.2, 0) is 0 Å². The predicted molar refractivity (Wildman–Crippen MR) is 80.7 cm³/mol. The topological polar surface area (TPSA) is 46.0 Å². The first-order chi connectivity index (χ1) is 10.0. The molecule has 0 aliphatic carbocycles. The van der Waals surface area contributed by atoms with Gasteiger partial charge in [-0.25, -0.2) is 4.39 Å². The van der Waals surface area contributed by atoms with E-state index in [1.807, 2.05) is 32.0 Å². The molecule has 1 heterocycles. The zero-order valence-electron chi connectivity index (χ0n) is 11.8. The Morgan fingerprint density at radius 1 is 1.00 bits per heavy atom. The normalized spacial score (nSPS) is 11.2. The van der Waals surface area contributed by atoms with Gasteiger partial charge < -0.3 is 5.11 Å². The SMILES string of the molecule is CC(C)c1ccc(-c2cc3ccc(F)cc3nn2)cc1O. The van der Waals surface area contributed by atoms with E-state index in [2.05, 4.69) is 10.2 Å². The average molecular weight is 282 g/mol. The fourth-order valence-corrected chi connectivity index (χ4v) is 2.34. The summed E-state index contributed by atoms with van der Waals surface area (Å²) in [4.78, 5) is 0. The molecule has 0 fully saturated rings. The summed E-state index contributed by atoms with van der Waals surface area (Å²) >= 11 is 0. The summed E-state index contributed by atoms with van der Waals surface area (Å²) < 4.78 is 13.1. The summed E-state index contributed by atoms with van der Waals surface area (Å²) in [5.41, 5.74) is 2.85. The van der Waals surface area contributed by atoms with Crippen LogP contribution in [0.4, 0.5) is 4.39 Å². The second-order valence-electron chi connectivity index (χ2n) is 5.36. The molecule has 0 unspecified atom stereocenters. The molecule has 106 valence electrons. The highest BCUT2D eigenvalue weighted by molar-refractivity contribution is 5.82. The summed E-state index contributed by atoms with van der Waals surface area (Å²) in [6, 6.07) is 11.8. The van der Waals surface area contributed by atoms with E-state index in [9.17, 15) is 9.50 Å². The van der Waals surface area contributed by atoms with Crippen LogP contribution in [0.1, 0.15) is 25.3 Å². The van der Waals surface area contributed by atoms with Crippen LogP contribution in [0.5, 0.6) is 5.75 Å². The van der Waals surface area contributed by atoms with E-state index in [-0.39, 0.29) is 17.5 Å². The number of nitrogens with zero attached hydrogens (tertiary/aromatic N) is 2. The van der Waals surface area contributed by atoms with Crippen molar-refractivity contribution in [3.63, 3.8) is 0 Å². The fraction of sp³-hybridized carbons (Fsp3) is 0.176. The van der Waals surface area contributed by atoms with E-state index in [1.54, 1.807) is 12.1 Å². The summed E-state index contributed by atoms with van der Waals surface area (Å²) in [6.07, 6.45) is 0. The monoisotopic (exact) mass is 282 g/mol. The minimum absolute atomic E-state index is 0.253. The number of benzene rings is 2. The number of halogens is 1. The summed E-state index contributed by atoms with van der Waals surface area (Å²) in [5, 5.41) is 19.0. The van der Waals surface area contributed by atoms with Crippen LogP contribution in [0, 0.1) is 5.82 Å². The molecule has 3 nitrogen and oxygen atoms in total. The molecule has 0 aliphatic rings. The largest absolute Gasteiger partial charge is 0.508 e. The molecule has 4 heteroatoms. The summed E-state index contributed by atoms with van der Waals surface area (Å²) in [6.45, 7) is 4.05. The second-order valence-corrected chi connectivity index (χ2v) is 5.36. The lowest BCUT2D eigenvalue weighted by Gasteiger charge is -2.10. The van der Waals surface area contributed by atoms with Gasteiger partial charge in [-0.2, -0.15) is 0 Å². The quantitative estimate of drug-likeness (QED) is 0.763. The number of phenolic OH excluding ortho intramolecular Hbond substituents is 1. The smallest absolute Gasteiger partial charge is 0.125 e. The third-order valence-corrected chi connectivity index (χ3v) is 3.50. The van der Waals surface area contributed by atoms with E-state index >= 15 is 0 Å². The van der Waals surface area contributed by atoms with Gasteiger partial charge in [0.25, 0.3) is 0 Å². The van der Waals surface area contributed by atoms with Crippen molar-refractivity contribution in [3.8, 4) is 17.0 Å². The Morgan fingerprint density at radius 3 is 2.52 bits per heavy atom. The Bertz CT molecular complexity index is 815. The standard InChI is InChI=1S/C17H15FN2O/c1-10(2)14-6-4-12(8-17(14)21)15-7-11-3-5-13(18)9-16(11)20-19-15/h3-10,21H,1-2H3. The number of hydrogen-bond donors (Lipinski definition) is 1. The molecular weight excluding hydrogens is 267 g/mol. The summed E-state index contributed by atoms with van der Waals surface area (Å²) in [5.74, 6) is 0.177. The molecular formula is C17H15FN2O. The van der Waals surface area contributed by atoms with Gasteiger partial charge in [-0.15, -0.1) is 10.2 Å². The predicted octanol–water partition coefficient (Wildman–Crippen LogP) is 4.26. The van der Waals surface area contributed by atoms with Crippen molar-refractivity contribution < 1.29 is 9.50 Å². The van der Waals surface area contributed by atoms with E-state index in [0.717, 1.165) is 16.5 Å². The van der Waals surface area contributed by atoms with E-state index in [1.165, 1.54) is 12.1 Å². The number of rotatable bonds is 2. The Morgan fingerprint density at radius 2 is 1.81 bits per heavy atom. The Labute approximate surface area is 122 Å². The van der Waals surface area contributed by atoms with Gasteiger partial charge in [0.1, 0.15) is 11.6 Å². The maximum Gasteiger partial charge on any atom is 0.125 e. The van der Waals surface area contributed by atoms with Crippen molar-refractivity contribution in [2.75, 3.05) is 0 Å². The highest BCUT2D eigenvalue weighted by Gasteiger charge is 2.09. The second kappa shape index (κ2) is 5.13. The Balaban J connectivity index is 2.08. The molecule has 0 saturated heterocycles. The lowest BCUT2D eigenvalue weighted by Crippen LogP contribution is -1.92. The first kappa shape index (κ1) is 13.5. The Kier molecular flexibility index (Phi) is 3.29. The third kappa shape index (κ3) is 2.57. The number of fused-ring (bicyclic) bond motifs is 1. The molecule has 0 spiro atoms. The molecule has 1 aromatic heterocycles. The third-order valence-electron chi connectivity index (χ3n) is 3.50. The van der Waals surface area contributed by atoms with Crippen LogP contribution < -0.4 is 0 Å². The van der Waals surface area contributed by atoms with Crippen molar-refractivity contribution in [2.45, 2.75) is 19.8 Å². The maximum absolute atomic E-state index is 13.1. The van der Waals surface area contributed by atoms with Gasteiger partial charge in [-0.1, -0.05) is 26.0 Å². The van der Waals surface area contributed by atoms with Crippen molar-refractivity contribution in [1.82, 2.24) is 10.2 Å². The summed E-state index contributed by atoms with van der Waals surface area (Å²) in [7, 11) is 0. The number of aromatic hydroxyl groups is 1. The maximum atomic E-state index is 13.1. The molecule has 2 aromatic carbocycles. The van der Waals surface area contributed by atoms with E-state index in [4.69, 9.17) is 0 Å². The van der Waals surface area contributed by atoms with Gasteiger partial charge in [0.2, 0.25) is 0 Å². The van der Waals surface area contributed by atoms with Crippen LogP contribution in [0.15, 0.2) is 42.5 Å². The lowest BCUT2D eigenvalue weighted by atomic mass is 9.99. The number of phenols is 1. The van der Waals surface area contributed by atoms with Gasteiger partial charge in [-0.3, -0.25) is 0 Å². The zero-order valence-corrected chi connectivity index (χ0v) is 11.8.